The van der Waals surface area contributed by atoms with Crippen LogP contribution in [-0.2, 0) is 0 Å². The van der Waals surface area contributed by atoms with E-state index in [4.69, 9.17) is 0 Å². The zero-order chi connectivity index (χ0) is 16.9. The summed E-state index contributed by atoms with van der Waals surface area (Å²) < 4.78 is 0. The van der Waals surface area contributed by atoms with Gasteiger partial charge in [0, 0.05) is 57.1 Å². The number of benzene rings is 1. The summed E-state index contributed by atoms with van der Waals surface area (Å²) in [6, 6.07) is 6.60. The fraction of sp³-hybridized carbons (Fsp3) is 0.632. The molecule has 2 N–H and O–H groups in total. The second-order valence-electron chi connectivity index (χ2n) is 7.02. The lowest BCUT2D eigenvalue weighted by molar-refractivity contribution is 0.0620. The van der Waals surface area contributed by atoms with Gasteiger partial charge in [-0.15, -0.1) is 0 Å². The molecular weight excluding hydrogens is 300 g/mol. The Balaban J connectivity index is 1.53. The number of nitrogens with zero attached hydrogens (tertiary/aromatic N) is 2. The van der Waals surface area contributed by atoms with Crippen molar-refractivity contribution in [1.82, 2.24) is 15.1 Å². The molecule has 1 atom stereocenters. The first-order valence-corrected chi connectivity index (χ1v) is 9.21. The number of piperidine rings is 1. The fourth-order valence-electron chi connectivity index (χ4n) is 3.75. The van der Waals surface area contributed by atoms with E-state index in [1.165, 1.54) is 19.3 Å². The Hall–Kier alpha value is -1.59. The molecule has 0 spiro atoms. The van der Waals surface area contributed by atoms with Crippen molar-refractivity contribution < 1.29 is 4.79 Å². The normalized spacial score (nSPS) is 22.4. The summed E-state index contributed by atoms with van der Waals surface area (Å²) in [6.45, 7) is 7.93. The van der Waals surface area contributed by atoms with Crippen LogP contribution >= 0.6 is 0 Å². The van der Waals surface area contributed by atoms with Crippen LogP contribution in [-0.4, -0.2) is 68.1 Å². The number of anilines is 1. The van der Waals surface area contributed by atoms with Gasteiger partial charge in [0.25, 0.3) is 5.91 Å². The van der Waals surface area contributed by atoms with Crippen molar-refractivity contribution in [2.45, 2.75) is 32.2 Å². The topological polar surface area (TPSA) is 47.6 Å². The van der Waals surface area contributed by atoms with E-state index in [2.05, 4.69) is 15.5 Å². The van der Waals surface area contributed by atoms with Crippen LogP contribution in [0.1, 0.15) is 35.2 Å². The lowest BCUT2D eigenvalue weighted by atomic mass is 10.0. The largest absolute Gasteiger partial charge is 0.388 e. The van der Waals surface area contributed by atoms with E-state index in [1.54, 1.807) is 0 Å². The van der Waals surface area contributed by atoms with Gasteiger partial charge in [-0.2, -0.15) is 0 Å². The number of carbonyl (C=O) groups is 1. The van der Waals surface area contributed by atoms with E-state index in [0.29, 0.717) is 6.04 Å². The van der Waals surface area contributed by atoms with Crippen LogP contribution in [0.3, 0.4) is 0 Å². The van der Waals surface area contributed by atoms with E-state index in [9.17, 15) is 4.79 Å². The number of aryl methyl sites for hydroxylation is 1. The highest BCUT2D eigenvalue weighted by atomic mass is 16.2. The molecule has 0 aromatic heterocycles. The minimum atomic E-state index is 0.172. The molecule has 2 aliphatic rings. The first kappa shape index (κ1) is 17.2. The highest BCUT2D eigenvalue weighted by Crippen LogP contribution is 2.18. The first-order valence-electron chi connectivity index (χ1n) is 9.21. The predicted molar refractivity (Wildman–Crippen MR) is 98.7 cm³/mol. The minimum absolute atomic E-state index is 0.172. The average molecular weight is 330 g/mol. The van der Waals surface area contributed by atoms with Crippen molar-refractivity contribution in [3.63, 3.8) is 0 Å². The molecule has 1 unspecified atom stereocenters. The Labute approximate surface area is 145 Å². The van der Waals surface area contributed by atoms with Gasteiger partial charge in [0.05, 0.1) is 0 Å². The molecule has 1 amide bonds. The number of piperazine rings is 1. The third-order valence-corrected chi connectivity index (χ3v) is 5.30. The molecular formula is C19H30N4O. The maximum atomic E-state index is 12.8. The van der Waals surface area contributed by atoms with Crippen LogP contribution in [0.25, 0.3) is 0 Å². The summed E-state index contributed by atoms with van der Waals surface area (Å²) in [7, 11) is 1.90. The molecule has 5 nitrogen and oxygen atoms in total. The monoisotopic (exact) mass is 330 g/mol. The maximum Gasteiger partial charge on any atom is 0.254 e. The third-order valence-electron chi connectivity index (χ3n) is 5.30. The molecule has 1 aromatic carbocycles. The van der Waals surface area contributed by atoms with Gasteiger partial charge in [-0.1, -0.05) is 6.42 Å². The van der Waals surface area contributed by atoms with Gasteiger partial charge >= 0.3 is 0 Å². The number of hydrogen-bond acceptors (Lipinski definition) is 4. The number of hydrogen-bond donors (Lipinski definition) is 2. The van der Waals surface area contributed by atoms with Crippen LogP contribution in [0.4, 0.5) is 5.69 Å². The van der Waals surface area contributed by atoms with Crippen molar-refractivity contribution >= 4 is 11.6 Å². The van der Waals surface area contributed by atoms with Crippen LogP contribution in [0.2, 0.25) is 0 Å². The van der Waals surface area contributed by atoms with Gasteiger partial charge in [0.1, 0.15) is 0 Å². The lowest BCUT2D eigenvalue weighted by Crippen LogP contribution is -2.52. The molecule has 2 heterocycles. The summed E-state index contributed by atoms with van der Waals surface area (Å²) in [4.78, 5) is 17.3. The number of rotatable bonds is 4. The van der Waals surface area contributed by atoms with E-state index in [-0.39, 0.29) is 5.91 Å². The molecule has 5 heteroatoms. The van der Waals surface area contributed by atoms with E-state index < -0.39 is 0 Å². The predicted octanol–water partition coefficient (Wildman–Crippen LogP) is 1.94. The second-order valence-corrected chi connectivity index (χ2v) is 7.02. The summed E-state index contributed by atoms with van der Waals surface area (Å²) >= 11 is 0. The van der Waals surface area contributed by atoms with Gasteiger partial charge < -0.3 is 15.5 Å². The fourth-order valence-corrected chi connectivity index (χ4v) is 3.75. The average Bonchev–Trinajstić information content (AvgIpc) is 2.62. The van der Waals surface area contributed by atoms with Crippen molar-refractivity contribution in [1.29, 1.82) is 0 Å². The van der Waals surface area contributed by atoms with Crippen molar-refractivity contribution in [2.75, 3.05) is 51.6 Å². The second kappa shape index (κ2) is 7.99. The zero-order valence-corrected chi connectivity index (χ0v) is 15.0. The van der Waals surface area contributed by atoms with Crippen LogP contribution < -0.4 is 10.6 Å². The lowest BCUT2D eigenvalue weighted by Gasteiger charge is -2.37. The summed E-state index contributed by atoms with van der Waals surface area (Å²) in [6.07, 6.45) is 3.94. The molecule has 132 valence electrons. The van der Waals surface area contributed by atoms with E-state index in [0.717, 1.165) is 56.1 Å². The molecule has 0 saturated carbocycles. The summed E-state index contributed by atoms with van der Waals surface area (Å²) in [5.41, 5.74) is 2.92. The molecule has 0 radical (unpaired) electrons. The molecule has 2 fully saturated rings. The van der Waals surface area contributed by atoms with Crippen LogP contribution in [0, 0.1) is 6.92 Å². The van der Waals surface area contributed by atoms with Crippen molar-refractivity contribution in [3.05, 3.63) is 29.3 Å². The van der Waals surface area contributed by atoms with Gasteiger partial charge in [-0.05, 0) is 50.1 Å². The molecule has 3 rings (SSSR count). The Kier molecular flexibility index (Phi) is 5.74. The van der Waals surface area contributed by atoms with Crippen LogP contribution in [0.15, 0.2) is 18.2 Å². The smallest absolute Gasteiger partial charge is 0.254 e. The highest BCUT2D eigenvalue weighted by Gasteiger charge is 2.25. The Morgan fingerprint density at radius 3 is 2.67 bits per heavy atom. The first-order chi connectivity index (χ1) is 11.7. The van der Waals surface area contributed by atoms with Gasteiger partial charge in [-0.25, -0.2) is 0 Å². The van der Waals surface area contributed by atoms with Gasteiger partial charge in [0.15, 0.2) is 0 Å². The molecule has 2 aliphatic heterocycles. The SMILES string of the molecule is CNc1ccc(C(=O)N2CCN(CC3CCCCN3)CC2)c(C)c1. The Morgan fingerprint density at radius 1 is 1.25 bits per heavy atom. The Morgan fingerprint density at radius 2 is 2.04 bits per heavy atom. The Bertz CT molecular complexity index is 560. The van der Waals surface area contributed by atoms with Crippen LogP contribution in [0.5, 0.6) is 0 Å². The summed E-state index contributed by atoms with van der Waals surface area (Å²) in [5.74, 6) is 0.172. The molecule has 1 aromatic rings. The van der Waals surface area contributed by atoms with Gasteiger partial charge in [-0.3, -0.25) is 9.69 Å². The molecule has 0 aliphatic carbocycles. The molecule has 2 saturated heterocycles. The van der Waals surface area contributed by atoms with E-state index in [1.807, 2.05) is 37.1 Å². The summed E-state index contributed by atoms with van der Waals surface area (Å²) in [5, 5.41) is 6.74. The van der Waals surface area contributed by atoms with E-state index >= 15 is 0 Å². The molecule has 0 bridgehead atoms. The highest BCUT2D eigenvalue weighted by molar-refractivity contribution is 5.96. The maximum absolute atomic E-state index is 12.8. The zero-order valence-electron chi connectivity index (χ0n) is 15.0. The molecule has 24 heavy (non-hydrogen) atoms. The van der Waals surface area contributed by atoms with Crippen molar-refractivity contribution in [2.24, 2.45) is 0 Å². The third kappa shape index (κ3) is 4.08. The quantitative estimate of drug-likeness (QED) is 0.886. The number of nitrogens with one attached hydrogen (secondary N) is 2. The minimum Gasteiger partial charge on any atom is -0.388 e. The van der Waals surface area contributed by atoms with Crippen molar-refractivity contribution in [3.8, 4) is 0 Å². The standard InChI is InChI=1S/C19H30N4O/c1-15-13-16(20-2)6-7-18(15)19(24)23-11-9-22(10-12-23)14-17-5-3-4-8-21-17/h6-7,13,17,20-21H,3-5,8-12,14H2,1-2H3. The number of amides is 1. The van der Waals surface area contributed by atoms with Gasteiger partial charge in [0.2, 0.25) is 0 Å². The number of carbonyl (C=O) groups excluding carboxylic acids is 1.